The molecule has 8 nitrogen and oxygen atoms in total. The molecule has 1 aliphatic heterocycles. The number of hydrogen-bond acceptors (Lipinski definition) is 7. The number of anilines is 2. The molecule has 0 unspecified atom stereocenters. The van der Waals surface area contributed by atoms with Gasteiger partial charge in [0.15, 0.2) is 11.5 Å². The van der Waals surface area contributed by atoms with E-state index in [9.17, 15) is 4.79 Å². The van der Waals surface area contributed by atoms with Gasteiger partial charge in [0.2, 0.25) is 5.88 Å². The van der Waals surface area contributed by atoms with E-state index in [4.69, 9.17) is 14.2 Å². The number of hydrogen-bond donors (Lipinski definition) is 1. The minimum atomic E-state index is -0.177. The second-order valence-electron chi connectivity index (χ2n) is 8.17. The van der Waals surface area contributed by atoms with Crippen LogP contribution in [0.3, 0.4) is 0 Å². The highest BCUT2D eigenvalue weighted by Crippen LogP contribution is 2.31. The van der Waals surface area contributed by atoms with E-state index >= 15 is 0 Å². The first kappa shape index (κ1) is 23.3. The zero-order valence-electron chi connectivity index (χ0n) is 19.9. The fraction of sp³-hybridized carbons (Fsp3) is 0.179. The average Bonchev–Trinajstić information content (AvgIpc) is 2.94. The number of ether oxygens (including phenoxy) is 3. The normalized spacial score (nSPS) is 13.2. The van der Waals surface area contributed by atoms with E-state index in [1.165, 1.54) is 6.33 Å². The summed E-state index contributed by atoms with van der Waals surface area (Å²) in [6, 6.07) is 24.2. The zero-order chi connectivity index (χ0) is 24.7. The third-order valence-corrected chi connectivity index (χ3v) is 5.87. The highest BCUT2D eigenvalue weighted by molar-refractivity contribution is 6.04. The fourth-order valence-electron chi connectivity index (χ4n) is 3.94. The Morgan fingerprint density at radius 1 is 0.917 bits per heavy atom. The first-order valence-electron chi connectivity index (χ1n) is 11.7. The van der Waals surface area contributed by atoms with Gasteiger partial charge in [0.05, 0.1) is 26.0 Å². The van der Waals surface area contributed by atoms with Crippen LogP contribution in [0.15, 0.2) is 85.2 Å². The van der Waals surface area contributed by atoms with Crippen molar-refractivity contribution in [2.24, 2.45) is 0 Å². The SMILES string of the molecule is COc1ccccc1Oc1cc(-c2ccc(C(=O)Nc3ccc(N4CCOCC4)cc3)cc2)ncn1. The van der Waals surface area contributed by atoms with Crippen LogP contribution in [0.25, 0.3) is 11.3 Å². The molecule has 0 radical (unpaired) electrons. The smallest absolute Gasteiger partial charge is 0.255 e. The quantitative estimate of drug-likeness (QED) is 0.395. The van der Waals surface area contributed by atoms with E-state index in [-0.39, 0.29) is 5.91 Å². The molecular weight excluding hydrogens is 456 g/mol. The number of carbonyl (C=O) groups is 1. The van der Waals surface area contributed by atoms with Crippen LogP contribution in [-0.4, -0.2) is 49.3 Å². The first-order chi connectivity index (χ1) is 17.7. The molecule has 0 atom stereocenters. The van der Waals surface area contributed by atoms with Gasteiger partial charge in [0.25, 0.3) is 5.91 Å². The summed E-state index contributed by atoms with van der Waals surface area (Å²) in [4.78, 5) is 23.6. The molecule has 36 heavy (non-hydrogen) atoms. The van der Waals surface area contributed by atoms with Crippen LogP contribution >= 0.6 is 0 Å². The van der Waals surface area contributed by atoms with Crippen molar-refractivity contribution >= 4 is 17.3 Å². The predicted octanol–water partition coefficient (Wildman–Crippen LogP) is 5.03. The van der Waals surface area contributed by atoms with Crippen molar-refractivity contribution in [2.75, 3.05) is 43.6 Å². The molecule has 0 spiro atoms. The van der Waals surface area contributed by atoms with E-state index in [1.54, 1.807) is 25.3 Å². The van der Waals surface area contributed by atoms with Crippen LogP contribution < -0.4 is 19.7 Å². The number of morpholine rings is 1. The largest absolute Gasteiger partial charge is 0.493 e. The lowest BCUT2D eigenvalue weighted by molar-refractivity contribution is 0.102. The maximum atomic E-state index is 12.8. The summed E-state index contributed by atoms with van der Waals surface area (Å²) in [5.41, 5.74) is 3.94. The zero-order valence-corrected chi connectivity index (χ0v) is 19.9. The van der Waals surface area contributed by atoms with Crippen molar-refractivity contribution in [3.8, 4) is 28.6 Å². The van der Waals surface area contributed by atoms with Gasteiger partial charge in [-0.2, -0.15) is 0 Å². The van der Waals surface area contributed by atoms with Crippen molar-refractivity contribution < 1.29 is 19.0 Å². The van der Waals surface area contributed by atoms with Gasteiger partial charge in [0, 0.05) is 41.7 Å². The van der Waals surface area contributed by atoms with Crippen molar-refractivity contribution in [1.82, 2.24) is 9.97 Å². The number of amides is 1. The van der Waals surface area contributed by atoms with Crippen molar-refractivity contribution in [1.29, 1.82) is 0 Å². The molecule has 3 aromatic carbocycles. The Morgan fingerprint density at radius 3 is 2.36 bits per heavy atom. The topological polar surface area (TPSA) is 85.8 Å². The van der Waals surface area contributed by atoms with Crippen LogP contribution in [0.5, 0.6) is 17.4 Å². The summed E-state index contributed by atoms with van der Waals surface area (Å²) < 4.78 is 16.6. The number of rotatable bonds is 7. The van der Waals surface area contributed by atoms with Gasteiger partial charge in [-0.1, -0.05) is 24.3 Å². The molecule has 1 N–H and O–H groups in total. The molecule has 0 aliphatic carbocycles. The minimum Gasteiger partial charge on any atom is -0.493 e. The van der Waals surface area contributed by atoms with E-state index < -0.39 is 0 Å². The molecule has 0 saturated carbocycles. The first-order valence-corrected chi connectivity index (χ1v) is 11.7. The number of para-hydroxylation sites is 2. The Morgan fingerprint density at radius 2 is 1.64 bits per heavy atom. The van der Waals surface area contributed by atoms with Gasteiger partial charge < -0.3 is 24.4 Å². The van der Waals surface area contributed by atoms with Gasteiger partial charge >= 0.3 is 0 Å². The van der Waals surface area contributed by atoms with Gasteiger partial charge in [-0.25, -0.2) is 9.97 Å². The number of benzene rings is 3. The number of nitrogens with one attached hydrogen (secondary N) is 1. The van der Waals surface area contributed by atoms with E-state index in [0.29, 0.717) is 28.6 Å². The number of carbonyl (C=O) groups excluding carboxylic acids is 1. The second-order valence-corrected chi connectivity index (χ2v) is 8.17. The van der Waals surface area contributed by atoms with Gasteiger partial charge in [0.1, 0.15) is 6.33 Å². The molecule has 5 rings (SSSR count). The third kappa shape index (κ3) is 5.45. The summed E-state index contributed by atoms with van der Waals surface area (Å²) in [5.74, 6) is 1.40. The van der Waals surface area contributed by atoms with Crippen LogP contribution in [0, 0.1) is 0 Å². The summed E-state index contributed by atoms with van der Waals surface area (Å²) >= 11 is 0. The highest BCUT2D eigenvalue weighted by Gasteiger charge is 2.12. The van der Waals surface area contributed by atoms with Crippen LogP contribution in [0.4, 0.5) is 11.4 Å². The maximum Gasteiger partial charge on any atom is 0.255 e. The Balaban J connectivity index is 1.24. The number of aromatic nitrogens is 2. The molecule has 1 saturated heterocycles. The van der Waals surface area contributed by atoms with E-state index in [0.717, 1.165) is 43.2 Å². The Kier molecular flexibility index (Phi) is 7.05. The summed E-state index contributed by atoms with van der Waals surface area (Å²) in [6.07, 6.45) is 1.45. The van der Waals surface area contributed by atoms with E-state index in [2.05, 4.69) is 20.2 Å². The average molecular weight is 483 g/mol. The lowest BCUT2D eigenvalue weighted by atomic mass is 10.1. The molecule has 8 heteroatoms. The second kappa shape index (κ2) is 10.9. The van der Waals surface area contributed by atoms with Crippen LogP contribution in [0.1, 0.15) is 10.4 Å². The molecule has 1 fully saturated rings. The molecule has 4 aromatic rings. The standard InChI is InChI=1S/C28H26N4O4/c1-34-25-4-2-3-5-26(25)36-27-18-24(29-19-30-27)20-6-8-21(9-7-20)28(33)31-22-10-12-23(13-11-22)32-14-16-35-17-15-32/h2-13,18-19H,14-17H2,1H3,(H,31,33). The monoisotopic (exact) mass is 482 g/mol. The van der Waals surface area contributed by atoms with Gasteiger partial charge in [-0.05, 0) is 48.5 Å². The molecule has 182 valence electrons. The van der Waals surface area contributed by atoms with Gasteiger partial charge in [-0.15, -0.1) is 0 Å². The molecule has 0 bridgehead atoms. The molecule has 1 aromatic heterocycles. The van der Waals surface area contributed by atoms with E-state index in [1.807, 2.05) is 60.7 Å². The minimum absolute atomic E-state index is 0.177. The fourth-order valence-corrected chi connectivity index (χ4v) is 3.94. The third-order valence-electron chi connectivity index (χ3n) is 5.87. The Labute approximate surface area is 209 Å². The summed E-state index contributed by atoms with van der Waals surface area (Å²) in [5, 5.41) is 2.96. The van der Waals surface area contributed by atoms with Gasteiger partial charge in [-0.3, -0.25) is 4.79 Å². The molecule has 1 amide bonds. The van der Waals surface area contributed by atoms with Crippen molar-refractivity contribution in [2.45, 2.75) is 0 Å². The molecule has 2 heterocycles. The molecular formula is C28H26N4O4. The van der Waals surface area contributed by atoms with Crippen molar-refractivity contribution in [3.05, 3.63) is 90.8 Å². The summed E-state index contributed by atoms with van der Waals surface area (Å²) in [7, 11) is 1.59. The Hall–Kier alpha value is -4.43. The van der Waals surface area contributed by atoms with Crippen LogP contribution in [-0.2, 0) is 4.74 Å². The molecule has 1 aliphatic rings. The predicted molar refractivity (Wildman–Crippen MR) is 138 cm³/mol. The van der Waals surface area contributed by atoms with Crippen LogP contribution in [0.2, 0.25) is 0 Å². The summed E-state index contributed by atoms with van der Waals surface area (Å²) in [6.45, 7) is 3.22. The highest BCUT2D eigenvalue weighted by atomic mass is 16.5. The number of nitrogens with zero attached hydrogens (tertiary/aromatic N) is 3. The number of methoxy groups -OCH3 is 1. The Bertz CT molecular complexity index is 1320. The maximum absolute atomic E-state index is 12.8. The van der Waals surface area contributed by atoms with Crippen molar-refractivity contribution in [3.63, 3.8) is 0 Å². The lowest BCUT2D eigenvalue weighted by Crippen LogP contribution is -2.36. The lowest BCUT2D eigenvalue weighted by Gasteiger charge is -2.28.